The number of hydrogen-bond acceptors (Lipinski definition) is 3. The zero-order chi connectivity index (χ0) is 11.3. The first-order chi connectivity index (χ1) is 7.15. The summed E-state index contributed by atoms with van der Waals surface area (Å²) < 4.78 is 12.8. The number of aliphatic hydroxyl groups excluding tert-OH is 2. The summed E-state index contributed by atoms with van der Waals surface area (Å²) in [4.78, 5) is 2.45. The van der Waals surface area contributed by atoms with Gasteiger partial charge in [-0.15, -0.1) is 0 Å². The van der Waals surface area contributed by atoms with Crippen molar-refractivity contribution in [1.29, 1.82) is 0 Å². The standard InChI is InChI=1S/C9H10FN3O2/c10-7-3-1-2-6(4-7)9(15)8(14)5-12-13-11/h1-4,8-9,14-15H,5H2. The van der Waals surface area contributed by atoms with Crippen molar-refractivity contribution in [2.24, 2.45) is 5.11 Å². The van der Waals surface area contributed by atoms with Gasteiger partial charge < -0.3 is 10.2 Å². The van der Waals surface area contributed by atoms with E-state index >= 15 is 0 Å². The Morgan fingerprint density at radius 1 is 1.47 bits per heavy atom. The van der Waals surface area contributed by atoms with Crippen LogP contribution in [0, 0.1) is 5.82 Å². The Kier molecular flexibility index (Phi) is 4.05. The van der Waals surface area contributed by atoms with Crippen LogP contribution in [0.1, 0.15) is 11.7 Å². The van der Waals surface area contributed by atoms with Gasteiger partial charge >= 0.3 is 0 Å². The SMILES string of the molecule is [N-]=[N+]=NCC(O)C(O)c1cccc(F)c1. The fourth-order valence-electron chi connectivity index (χ4n) is 1.13. The van der Waals surface area contributed by atoms with Crippen molar-refractivity contribution in [2.75, 3.05) is 6.54 Å². The Morgan fingerprint density at radius 2 is 2.20 bits per heavy atom. The first kappa shape index (κ1) is 11.5. The predicted octanol–water partition coefficient (Wildman–Crippen LogP) is 1.53. The molecule has 15 heavy (non-hydrogen) atoms. The minimum atomic E-state index is -1.26. The maximum Gasteiger partial charge on any atom is 0.123 e. The Labute approximate surface area is 85.4 Å². The molecule has 0 aliphatic heterocycles. The molecule has 1 aromatic carbocycles. The van der Waals surface area contributed by atoms with Gasteiger partial charge in [-0.25, -0.2) is 4.39 Å². The highest BCUT2D eigenvalue weighted by Crippen LogP contribution is 2.17. The third-order valence-corrected chi connectivity index (χ3v) is 1.89. The molecule has 0 saturated heterocycles. The Bertz CT molecular complexity index is 379. The van der Waals surface area contributed by atoms with Gasteiger partial charge in [-0.1, -0.05) is 17.2 Å². The molecule has 6 heteroatoms. The summed E-state index contributed by atoms with van der Waals surface area (Å²) in [5, 5.41) is 22.0. The molecular weight excluding hydrogens is 201 g/mol. The van der Waals surface area contributed by atoms with Crippen molar-refractivity contribution < 1.29 is 14.6 Å². The summed E-state index contributed by atoms with van der Waals surface area (Å²) in [5.41, 5.74) is 8.26. The summed E-state index contributed by atoms with van der Waals surface area (Å²) in [6.07, 6.45) is -2.49. The molecule has 0 amide bonds. The number of benzene rings is 1. The van der Waals surface area contributed by atoms with Gasteiger partial charge in [0.2, 0.25) is 0 Å². The average Bonchev–Trinajstić information content (AvgIpc) is 2.24. The third kappa shape index (κ3) is 3.21. The van der Waals surface area contributed by atoms with E-state index in [0.29, 0.717) is 0 Å². The van der Waals surface area contributed by atoms with E-state index in [0.717, 1.165) is 6.07 Å². The molecule has 0 aliphatic carbocycles. The van der Waals surface area contributed by atoms with Gasteiger partial charge in [-0.2, -0.15) is 0 Å². The maximum atomic E-state index is 12.8. The summed E-state index contributed by atoms with van der Waals surface area (Å²) in [6.45, 7) is -0.256. The zero-order valence-electron chi connectivity index (χ0n) is 7.79. The topological polar surface area (TPSA) is 89.2 Å². The minimum absolute atomic E-state index is 0.246. The number of halogens is 1. The molecule has 0 aliphatic rings. The van der Waals surface area contributed by atoms with E-state index in [-0.39, 0.29) is 12.1 Å². The zero-order valence-corrected chi connectivity index (χ0v) is 7.79. The van der Waals surface area contributed by atoms with Gasteiger partial charge in [0.15, 0.2) is 0 Å². The van der Waals surface area contributed by atoms with E-state index in [1.54, 1.807) is 0 Å². The Balaban J connectivity index is 2.75. The second kappa shape index (κ2) is 5.31. The van der Waals surface area contributed by atoms with Gasteiger partial charge in [-0.05, 0) is 23.2 Å². The summed E-state index contributed by atoms with van der Waals surface area (Å²) >= 11 is 0. The molecule has 1 aromatic rings. The molecule has 0 saturated carbocycles. The van der Waals surface area contributed by atoms with Gasteiger partial charge in [0.05, 0.1) is 12.6 Å². The number of aliphatic hydroxyl groups is 2. The molecule has 2 unspecified atom stereocenters. The van der Waals surface area contributed by atoms with Crippen molar-refractivity contribution in [2.45, 2.75) is 12.2 Å². The van der Waals surface area contributed by atoms with Crippen LogP contribution in [-0.4, -0.2) is 22.9 Å². The van der Waals surface area contributed by atoms with Crippen LogP contribution in [0.25, 0.3) is 10.4 Å². The molecule has 2 N–H and O–H groups in total. The van der Waals surface area contributed by atoms with Crippen LogP contribution in [-0.2, 0) is 0 Å². The van der Waals surface area contributed by atoms with E-state index in [4.69, 9.17) is 5.53 Å². The van der Waals surface area contributed by atoms with Gasteiger partial charge in [0, 0.05) is 4.91 Å². The average molecular weight is 211 g/mol. The molecule has 0 spiro atoms. The first-order valence-corrected chi connectivity index (χ1v) is 4.27. The Morgan fingerprint density at radius 3 is 2.80 bits per heavy atom. The quantitative estimate of drug-likeness (QED) is 0.449. The van der Waals surface area contributed by atoms with Crippen molar-refractivity contribution in [1.82, 2.24) is 0 Å². The number of azide groups is 1. The third-order valence-electron chi connectivity index (χ3n) is 1.89. The minimum Gasteiger partial charge on any atom is -0.390 e. The first-order valence-electron chi connectivity index (χ1n) is 4.27. The van der Waals surface area contributed by atoms with Crippen LogP contribution in [0.5, 0.6) is 0 Å². The fraction of sp³-hybridized carbons (Fsp3) is 0.333. The van der Waals surface area contributed by atoms with Crippen LogP contribution >= 0.6 is 0 Å². The highest BCUT2D eigenvalue weighted by atomic mass is 19.1. The second-order valence-corrected chi connectivity index (χ2v) is 2.98. The van der Waals surface area contributed by atoms with Gasteiger partial charge in [-0.3, -0.25) is 0 Å². The molecule has 2 atom stereocenters. The van der Waals surface area contributed by atoms with E-state index in [1.807, 2.05) is 0 Å². The highest BCUT2D eigenvalue weighted by molar-refractivity contribution is 5.19. The normalized spacial score (nSPS) is 14.1. The largest absolute Gasteiger partial charge is 0.390 e. The van der Waals surface area contributed by atoms with E-state index < -0.39 is 18.0 Å². The van der Waals surface area contributed by atoms with Crippen molar-refractivity contribution in [3.05, 3.63) is 46.1 Å². The van der Waals surface area contributed by atoms with Crippen LogP contribution in [0.15, 0.2) is 29.4 Å². The van der Waals surface area contributed by atoms with Crippen LogP contribution in [0.2, 0.25) is 0 Å². The van der Waals surface area contributed by atoms with Crippen molar-refractivity contribution in [3.63, 3.8) is 0 Å². The molecule has 80 valence electrons. The molecule has 5 nitrogen and oxygen atoms in total. The molecule has 0 heterocycles. The molecular formula is C9H10FN3O2. The number of nitrogens with zero attached hydrogens (tertiary/aromatic N) is 3. The van der Waals surface area contributed by atoms with E-state index in [2.05, 4.69) is 10.0 Å². The predicted molar refractivity (Wildman–Crippen MR) is 51.4 cm³/mol. The molecule has 0 aromatic heterocycles. The summed E-state index contributed by atoms with van der Waals surface area (Å²) in [5.74, 6) is -0.498. The van der Waals surface area contributed by atoms with E-state index in [9.17, 15) is 14.6 Å². The maximum absolute atomic E-state index is 12.8. The van der Waals surface area contributed by atoms with E-state index in [1.165, 1.54) is 18.2 Å². The monoisotopic (exact) mass is 211 g/mol. The molecule has 0 fully saturated rings. The number of rotatable bonds is 4. The molecule has 1 rings (SSSR count). The lowest BCUT2D eigenvalue weighted by molar-refractivity contribution is 0.0242. The lowest BCUT2D eigenvalue weighted by Crippen LogP contribution is -2.21. The van der Waals surface area contributed by atoms with Crippen LogP contribution in [0.4, 0.5) is 4.39 Å². The lowest BCUT2D eigenvalue weighted by Gasteiger charge is -2.15. The van der Waals surface area contributed by atoms with Gasteiger partial charge in [0.1, 0.15) is 11.9 Å². The summed E-state index contributed by atoms with van der Waals surface area (Å²) in [7, 11) is 0. The van der Waals surface area contributed by atoms with Crippen molar-refractivity contribution >= 4 is 0 Å². The lowest BCUT2D eigenvalue weighted by atomic mass is 10.0. The van der Waals surface area contributed by atoms with Crippen LogP contribution < -0.4 is 0 Å². The highest BCUT2D eigenvalue weighted by Gasteiger charge is 2.17. The van der Waals surface area contributed by atoms with Gasteiger partial charge in [0.25, 0.3) is 0 Å². The molecule has 0 radical (unpaired) electrons. The van der Waals surface area contributed by atoms with Crippen LogP contribution in [0.3, 0.4) is 0 Å². The Hall–Kier alpha value is -1.62. The second-order valence-electron chi connectivity index (χ2n) is 2.98. The molecule has 0 bridgehead atoms. The summed E-state index contributed by atoms with van der Waals surface area (Å²) in [6, 6.07) is 5.25. The fourth-order valence-corrected chi connectivity index (χ4v) is 1.13. The number of hydrogen-bond donors (Lipinski definition) is 2. The van der Waals surface area contributed by atoms with Crippen molar-refractivity contribution in [3.8, 4) is 0 Å². The smallest absolute Gasteiger partial charge is 0.123 e.